The van der Waals surface area contributed by atoms with Gasteiger partial charge in [-0.25, -0.2) is 0 Å². The number of alkyl halides is 6. The number of nitrogens with zero attached hydrogens (tertiary/aromatic N) is 2. The van der Waals surface area contributed by atoms with Crippen LogP contribution in [0.2, 0.25) is 0 Å². The average molecular weight is 299 g/mol. The highest BCUT2D eigenvalue weighted by Crippen LogP contribution is 2.31. The molecule has 1 aromatic rings. The molecule has 0 spiro atoms. The van der Waals surface area contributed by atoms with Gasteiger partial charge in [0.1, 0.15) is 0 Å². The lowest BCUT2D eigenvalue weighted by molar-refractivity contribution is -0.141. The van der Waals surface area contributed by atoms with Crippen LogP contribution in [0.3, 0.4) is 0 Å². The highest BCUT2D eigenvalue weighted by molar-refractivity contribution is 6.66. The Labute approximate surface area is 101 Å². The van der Waals surface area contributed by atoms with Crippen molar-refractivity contribution < 1.29 is 22.3 Å². The maximum atomic E-state index is 12.7. The van der Waals surface area contributed by atoms with Gasteiger partial charge in [0, 0.05) is 6.07 Å². The molecule has 0 bridgehead atoms. The van der Waals surface area contributed by atoms with Gasteiger partial charge in [-0.1, -0.05) is 0 Å². The van der Waals surface area contributed by atoms with E-state index in [0.29, 0.717) is 0 Å². The summed E-state index contributed by atoms with van der Waals surface area (Å²) >= 11 is 15.3. The second kappa shape index (κ2) is 4.38. The SMILES string of the molecule is Fc1cc(C(F)(F)F)nc(OC(Cl)(Cl)Cl)n1. The Morgan fingerprint density at radius 3 is 2.12 bits per heavy atom. The number of hydrogen-bond donors (Lipinski definition) is 0. The maximum Gasteiger partial charge on any atom is 0.433 e. The predicted molar refractivity (Wildman–Crippen MR) is 47.9 cm³/mol. The summed E-state index contributed by atoms with van der Waals surface area (Å²) in [6.07, 6.45) is -4.85. The van der Waals surface area contributed by atoms with Gasteiger partial charge in [-0.2, -0.15) is 27.5 Å². The molecule has 1 rings (SSSR count). The first-order valence-corrected chi connectivity index (χ1v) is 4.59. The zero-order chi connectivity index (χ0) is 12.6. The van der Waals surface area contributed by atoms with Crippen LogP contribution in [0.1, 0.15) is 5.69 Å². The average Bonchev–Trinajstić information content (AvgIpc) is 1.97. The second-order valence-electron chi connectivity index (χ2n) is 2.40. The Bertz CT molecular complexity index is 392. The molecular formula is C6HCl3F4N2O. The summed E-state index contributed by atoms with van der Waals surface area (Å²) < 4.78 is 51.1. The van der Waals surface area contributed by atoms with Crippen molar-refractivity contribution in [3.63, 3.8) is 0 Å². The molecule has 1 aromatic heterocycles. The van der Waals surface area contributed by atoms with E-state index in [1.807, 2.05) is 0 Å². The Hall–Kier alpha value is -0.530. The van der Waals surface area contributed by atoms with Gasteiger partial charge in [0.05, 0.1) is 0 Å². The summed E-state index contributed by atoms with van der Waals surface area (Å²) in [5.41, 5.74) is -1.54. The summed E-state index contributed by atoms with van der Waals surface area (Å²) in [4.78, 5) is 5.72. The topological polar surface area (TPSA) is 35.0 Å². The van der Waals surface area contributed by atoms with E-state index < -0.39 is 27.8 Å². The number of ether oxygens (including phenoxy) is 1. The van der Waals surface area contributed by atoms with Crippen LogP contribution in [0.25, 0.3) is 0 Å². The van der Waals surface area contributed by atoms with E-state index in [1.165, 1.54) is 0 Å². The van der Waals surface area contributed by atoms with Gasteiger partial charge in [0.2, 0.25) is 5.95 Å². The molecular weight excluding hydrogens is 298 g/mol. The quantitative estimate of drug-likeness (QED) is 0.453. The summed E-state index contributed by atoms with van der Waals surface area (Å²) in [6, 6.07) is -0.932. The van der Waals surface area contributed by atoms with Crippen molar-refractivity contribution in [1.29, 1.82) is 0 Å². The molecule has 1 heterocycles. The molecule has 0 saturated heterocycles. The Morgan fingerprint density at radius 2 is 1.69 bits per heavy atom. The van der Waals surface area contributed by atoms with Crippen molar-refractivity contribution in [2.45, 2.75) is 10.2 Å². The molecule has 16 heavy (non-hydrogen) atoms. The minimum absolute atomic E-state index is 0.0885. The van der Waals surface area contributed by atoms with Crippen molar-refractivity contribution >= 4 is 34.8 Å². The number of halogens is 7. The zero-order valence-corrected chi connectivity index (χ0v) is 9.29. The second-order valence-corrected chi connectivity index (χ2v) is 4.58. The van der Waals surface area contributed by atoms with Crippen LogP contribution < -0.4 is 4.74 Å². The summed E-state index contributed by atoms with van der Waals surface area (Å²) in [6.45, 7) is 0. The summed E-state index contributed by atoms with van der Waals surface area (Å²) in [5, 5.41) is 0. The van der Waals surface area contributed by atoms with Crippen LogP contribution in [-0.2, 0) is 6.18 Å². The van der Waals surface area contributed by atoms with Crippen LogP contribution in [-0.4, -0.2) is 13.9 Å². The molecule has 0 atom stereocenters. The molecule has 0 aliphatic carbocycles. The molecule has 10 heteroatoms. The lowest BCUT2D eigenvalue weighted by Gasteiger charge is -2.13. The van der Waals surface area contributed by atoms with Crippen molar-refractivity contribution in [2.24, 2.45) is 0 Å². The molecule has 3 nitrogen and oxygen atoms in total. The third-order valence-electron chi connectivity index (χ3n) is 1.17. The third-order valence-corrected chi connectivity index (χ3v) is 1.40. The minimum Gasteiger partial charge on any atom is -0.412 e. The zero-order valence-electron chi connectivity index (χ0n) is 7.03. The molecule has 90 valence electrons. The fourth-order valence-electron chi connectivity index (χ4n) is 0.691. The van der Waals surface area contributed by atoms with Gasteiger partial charge in [-0.3, -0.25) is 0 Å². The van der Waals surface area contributed by atoms with Gasteiger partial charge >= 0.3 is 16.2 Å². The van der Waals surface area contributed by atoms with E-state index in [-0.39, 0.29) is 6.07 Å². The number of hydrogen-bond acceptors (Lipinski definition) is 3. The molecule has 0 radical (unpaired) electrons. The first-order chi connectivity index (χ1) is 7.08. The van der Waals surface area contributed by atoms with Crippen molar-refractivity contribution in [2.75, 3.05) is 0 Å². The van der Waals surface area contributed by atoms with Crippen LogP contribution in [0, 0.1) is 5.95 Å². The largest absolute Gasteiger partial charge is 0.433 e. The predicted octanol–water partition coefficient (Wildman–Crippen LogP) is 3.34. The summed E-state index contributed by atoms with van der Waals surface area (Å²) in [7, 11) is 0. The molecule has 0 aromatic carbocycles. The lowest BCUT2D eigenvalue weighted by Crippen LogP contribution is -2.17. The van der Waals surface area contributed by atoms with Gasteiger partial charge < -0.3 is 4.74 Å². The monoisotopic (exact) mass is 298 g/mol. The van der Waals surface area contributed by atoms with Crippen LogP contribution in [0.15, 0.2) is 6.07 Å². The van der Waals surface area contributed by atoms with E-state index in [9.17, 15) is 17.6 Å². The van der Waals surface area contributed by atoms with E-state index in [1.54, 1.807) is 0 Å². The minimum atomic E-state index is -4.85. The number of aromatic nitrogens is 2. The van der Waals surface area contributed by atoms with Gasteiger partial charge in [0.25, 0.3) is 0 Å². The van der Waals surface area contributed by atoms with Crippen molar-refractivity contribution in [3.05, 3.63) is 17.7 Å². The van der Waals surface area contributed by atoms with Crippen molar-refractivity contribution in [3.8, 4) is 6.01 Å². The van der Waals surface area contributed by atoms with Crippen LogP contribution >= 0.6 is 34.8 Å². The van der Waals surface area contributed by atoms with Crippen molar-refractivity contribution in [1.82, 2.24) is 9.97 Å². The fraction of sp³-hybridized carbons (Fsp3) is 0.333. The Balaban J connectivity index is 3.09. The fourth-order valence-corrected chi connectivity index (χ4v) is 0.898. The Morgan fingerprint density at radius 1 is 1.12 bits per heavy atom. The molecule has 0 amide bonds. The van der Waals surface area contributed by atoms with E-state index in [4.69, 9.17) is 34.8 Å². The first kappa shape index (κ1) is 13.5. The maximum absolute atomic E-state index is 12.7. The highest BCUT2D eigenvalue weighted by Gasteiger charge is 2.35. The van der Waals surface area contributed by atoms with Crippen LogP contribution in [0.5, 0.6) is 6.01 Å². The normalized spacial score (nSPS) is 12.7. The van der Waals surface area contributed by atoms with E-state index in [2.05, 4.69) is 14.7 Å². The molecule has 0 unspecified atom stereocenters. The molecule has 0 saturated carbocycles. The molecule has 0 N–H and O–H groups in total. The molecule has 0 aliphatic rings. The molecule has 0 aliphatic heterocycles. The standard InChI is InChI=1S/C6HCl3F4N2O/c7-6(8,9)16-4-14-2(5(11,12)13)1-3(10)15-4/h1H. The van der Waals surface area contributed by atoms with E-state index in [0.717, 1.165) is 0 Å². The Kier molecular flexibility index (Phi) is 3.71. The van der Waals surface area contributed by atoms with E-state index >= 15 is 0 Å². The highest BCUT2D eigenvalue weighted by atomic mass is 35.6. The number of rotatable bonds is 1. The molecule has 0 fully saturated rings. The van der Waals surface area contributed by atoms with Gasteiger partial charge in [-0.05, 0) is 34.8 Å². The van der Waals surface area contributed by atoms with Crippen LogP contribution in [0.4, 0.5) is 17.6 Å². The van der Waals surface area contributed by atoms with Gasteiger partial charge in [-0.15, -0.1) is 0 Å². The summed E-state index contributed by atoms with van der Waals surface area (Å²) in [5.74, 6) is -1.45. The van der Waals surface area contributed by atoms with Gasteiger partial charge in [0.15, 0.2) is 5.69 Å². The first-order valence-electron chi connectivity index (χ1n) is 3.45. The lowest BCUT2D eigenvalue weighted by atomic mass is 10.4. The smallest absolute Gasteiger partial charge is 0.412 e. The third kappa shape index (κ3) is 4.15.